The van der Waals surface area contributed by atoms with Gasteiger partial charge < -0.3 is 15.0 Å². The molecule has 0 aliphatic carbocycles. The first-order chi connectivity index (χ1) is 9.60. The molecule has 0 saturated carbocycles. The van der Waals surface area contributed by atoms with Gasteiger partial charge in [0, 0.05) is 19.1 Å². The highest BCUT2D eigenvalue weighted by Gasteiger charge is 2.21. The van der Waals surface area contributed by atoms with Crippen LogP contribution in [-0.4, -0.2) is 42.8 Å². The maximum atomic E-state index is 5.23. The molecule has 0 amide bonds. The molecule has 0 atom stereocenters. The second-order valence-electron chi connectivity index (χ2n) is 5.52. The molecule has 0 bridgehead atoms. The van der Waals surface area contributed by atoms with Crippen molar-refractivity contribution in [2.24, 2.45) is 5.92 Å². The molecule has 112 valence electrons. The third-order valence-electron chi connectivity index (χ3n) is 3.60. The summed E-state index contributed by atoms with van der Waals surface area (Å²) in [5, 5.41) is 3.52. The first-order valence-electron chi connectivity index (χ1n) is 7.15. The van der Waals surface area contributed by atoms with Crippen molar-refractivity contribution in [3.05, 3.63) is 10.7 Å². The molecule has 1 N–H and O–H groups in total. The van der Waals surface area contributed by atoms with Crippen molar-refractivity contribution < 1.29 is 4.74 Å². The van der Waals surface area contributed by atoms with E-state index in [0.29, 0.717) is 11.9 Å². The Morgan fingerprint density at radius 1 is 1.45 bits per heavy atom. The molecule has 1 aliphatic rings. The minimum Gasteiger partial charge on any atom is -0.480 e. The van der Waals surface area contributed by atoms with Crippen molar-refractivity contribution in [1.29, 1.82) is 0 Å². The monoisotopic (exact) mass is 342 g/mol. The van der Waals surface area contributed by atoms with Crippen LogP contribution < -0.4 is 15.0 Å². The molecule has 0 spiro atoms. The van der Waals surface area contributed by atoms with Crippen LogP contribution in [0.4, 0.5) is 5.95 Å². The lowest BCUT2D eigenvalue weighted by Gasteiger charge is -2.32. The van der Waals surface area contributed by atoms with Gasteiger partial charge in [0.05, 0.1) is 17.8 Å². The van der Waals surface area contributed by atoms with Crippen LogP contribution in [0.15, 0.2) is 10.7 Å². The summed E-state index contributed by atoms with van der Waals surface area (Å²) in [6.45, 7) is 7.51. The van der Waals surface area contributed by atoms with E-state index in [1.807, 2.05) is 0 Å². The molecular weight excluding hydrogens is 320 g/mol. The Kier molecular flexibility index (Phi) is 5.60. The Bertz CT molecular complexity index is 433. The highest BCUT2D eigenvalue weighted by atomic mass is 79.9. The summed E-state index contributed by atoms with van der Waals surface area (Å²) in [6, 6.07) is 0.562. The van der Waals surface area contributed by atoms with Crippen molar-refractivity contribution in [1.82, 2.24) is 15.3 Å². The Hall–Kier alpha value is -0.880. The SMILES string of the molecule is COc1nc(N2CCC(CNC(C)C)CC2)ncc1Br. The fourth-order valence-corrected chi connectivity index (χ4v) is 2.73. The van der Waals surface area contributed by atoms with Crippen LogP contribution in [0.1, 0.15) is 26.7 Å². The van der Waals surface area contributed by atoms with Gasteiger partial charge in [0.15, 0.2) is 0 Å². The molecule has 5 nitrogen and oxygen atoms in total. The van der Waals surface area contributed by atoms with Crippen LogP contribution in [0.5, 0.6) is 5.88 Å². The van der Waals surface area contributed by atoms with Gasteiger partial charge in [-0.2, -0.15) is 4.98 Å². The Morgan fingerprint density at radius 2 is 2.15 bits per heavy atom. The molecule has 20 heavy (non-hydrogen) atoms. The summed E-state index contributed by atoms with van der Waals surface area (Å²) in [4.78, 5) is 11.1. The zero-order valence-corrected chi connectivity index (χ0v) is 14.0. The van der Waals surface area contributed by atoms with Gasteiger partial charge in [0.2, 0.25) is 11.8 Å². The summed E-state index contributed by atoms with van der Waals surface area (Å²) in [5.41, 5.74) is 0. The molecule has 1 fully saturated rings. The summed E-state index contributed by atoms with van der Waals surface area (Å²) in [5.74, 6) is 2.12. The van der Waals surface area contributed by atoms with E-state index in [-0.39, 0.29) is 0 Å². The topological polar surface area (TPSA) is 50.3 Å². The third kappa shape index (κ3) is 4.06. The van der Waals surface area contributed by atoms with E-state index in [1.54, 1.807) is 13.3 Å². The minimum atomic E-state index is 0.562. The zero-order valence-electron chi connectivity index (χ0n) is 12.4. The largest absolute Gasteiger partial charge is 0.480 e. The van der Waals surface area contributed by atoms with Crippen LogP contribution in [0, 0.1) is 5.92 Å². The molecule has 1 aliphatic heterocycles. The van der Waals surface area contributed by atoms with E-state index in [0.717, 1.165) is 36.0 Å². The number of anilines is 1. The normalized spacial score (nSPS) is 16.8. The lowest BCUT2D eigenvalue weighted by Crippen LogP contribution is -2.39. The fraction of sp³-hybridized carbons (Fsp3) is 0.714. The average molecular weight is 343 g/mol. The maximum absolute atomic E-state index is 5.23. The van der Waals surface area contributed by atoms with E-state index in [9.17, 15) is 0 Å². The number of rotatable bonds is 5. The predicted octanol–water partition coefficient (Wildman–Crippen LogP) is 2.46. The number of halogens is 1. The van der Waals surface area contributed by atoms with Crippen LogP contribution in [0.3, 0.4) is 0 Å². The Morgan fingerprint density at radius 3 is 2.75 bits per heavy atom. The van der Waals surface area contributed by atoms with E-state index >= 15 is 0 Å². The molecule has 1 saturated heterocycles. The highest BCUT2D eigenvalue weighted by molar-refractivity contribution is 9.10. The average Bonchev–Trinajstić information content (AvgIpc) is 2.46. The van der Waals surface area contributed by atoms with E-state index in [2.05, 4.69) is 50.0 Å². The van der Waals surface area contributed by atoms with Gasteiger partial charge in [-0.25, -0.2) is 4.98 Å². The first-order valence-corrected chi connectivity index (χ1v) is 7.94. The number of aromatic nitrogens is 2. The number of nitrogens with one attached hydrogen (secondary N) is 1. The van der Waals surface area contributed by atoms with Gasteiger partial charge in [-0.15, -0.1) is 0 Å². The first kappa shape index (κ1) is 15.5. The van der Waals surface area contributed by atoms with E-state index in [1.165, 1.54) is 12.8 Å². The molecule has 1 aromatic heterocycles. The number of hydrogen-bond donors (Lipinski definition) is 1. The molecule has 0 unspecified atom stereocenters. The van der Waals surface area contributed by atoms with Gasteiger partial charge in [-0.05, 0) is 41.2 Å². The summed E-state index contributed by atoms with van der Waals surface area (Å²) >= 11 is 3.38. The van der Waals surface area contributed by atoms with Gasteiger partial charge in [0.1, 0.15) is 0 Å². The predicted molar refractivity (Wildman–Crippen MR) is 84.4 cm³/mol. The molecule has 2 heterocycles. The zero-order chi connectivity index (χ0) is 14.5. The van der Waals surface area contributed by atoms with Crippen molar-refractivity contribution in [2.75, 3.05) is 31.6 Å². The number of nitrogens with zero attached hydrogens (tertiary/aromatic N) is 3. The van der Waals surface area contributed by atoms with Crippen molar-refractivity contribution in [3.8, 4) is 5.88 Å². The quantitative estimate of drug-likeness (QED) is 0.890. The smallest absolute Gasteiger partial charge is 0.232 e. The lowest BCUT2D eigenvalue weighted by molar-refractivity contribution is 0.365. The standard InChI is InChI=1S/C14H23BrN4O/c1-10(2)16-8-11-4-6-19(7-5-11)14-17-9-12(15)13(18-14)20-3/h9-11,16H,4-8H2,1-3H3. The van der Waals surface area contributed by atoms with Gasteiger partial charge in [0.25, 0.3) is 0 Å². The molecule has 0 aromatic carbocycles. The van der Waals surface area contributed by atoms with Gasteiger partial charge in [-0.3, -0.25) is 0 Å². The Labute approximate surface area is 129 Å². The van der Waals surface area contributed by atoms with Crippen LogP contribution in [0.2, 0.25) is 0 Å². The number of piperidine rings is 1. The summed E-state index contributed by atoms with van der Waals surface area (Å²) in [6.07, 6.45) is 4.12. The number of ether oxygens (including phenoxy) is 1. The second kappa shape index (κ2) is 7.22. The molecule has 0 radical (unpaired) electrons. The fourth-order valence-electron chi connectivity index (χ4n) is 2.38. The van der Waals surface area contributed by atoms with E-state index < -0.39 is 0 Å². The van der Waals surface area contributed by atoms with Crippen LogP contribution >= 0.6 is 15.9 Å². The van der Waals surface area contributed by atoms with Crippen molar-refractivity contribution in [3.63, 3.8) is 0 Å². The molecular formula is C14H23BrN4O. The van der Waals surface area contributed by atoms with Crippen LogP contribution in [0.25, 0.3) is 0 Å². The number of hydrogen-bond acceptors (Lipinski definition) is 5. The molecule has 6 heteroatoms. The van der Waals surface area contributed by atoms with Gasteiger partial charge >= 0.3 is 0 Å². The van der Waals surface area contributed by atoms with Crippen molar-refractivity contribution in [2.45, 2.75) is 32.7 Å². The highest BCUT2D eigenvalue weighted by Crippen LogP contribution is 2.26. The van der Waals surface area contributed by atoms with Crippen LogP contribution in [-0.2, 0) is 0 Å². The van der Waals surface area contributed by atoms with Crippen molar-refractivity contribution >= 4 is 21.9 Å². The maximum Gasteiger partial charge on any atom is 0.232 e. The minimum absolute atomic E-state index is 0.562. The third-order valence-corrected chi connectivity index (χ3v) is 4.15. The summed E-state index contributed by atoms with van der Waals surface area (Å²) in [7, 11) is 1.63. The molecule has 2 rings (SSSR count). The van der Waals surface area contributed by atoms with E-state index in [4.69, 9.17) is 4.74 Å². The summed E-state index contributed by atoms with van der Waals surface area (Å²) < 4.78 is 6.02. The lowest BCUT2D eigenvalue weighted by atomic mass is 9.97. The second-order valence-corrected chi connectivity index (χ2v) is 6.37. The molecule has 1 aromatic rings. The van der Waals surface area contributed by atoms with Gasteiger partial charge in [-0.1, -0.05) is 13.8 Å². The number of methoxy groups -OCH3 is 1. The Balaban J connectivity index is 1.90.